The zero-order valence-electron chi connectivity index (χ0n) is 11.8. The molecule has 1 unspecified atom stereocenters. The molecule has 0 aliphatic rings. The molecule has 0 aromatic heterocycles. The van der Waals surface area contributed by atoms with E-state index in [9.17, 15) is 4.39 Å². The van der Waals surface area contributed by atoms with Crippen molar-refractivity contribution in [2.45, 2.75) is 58.7 Å². The Morgan fingerprint density at radius 3 is 2.74 bits per heavy atom. The normalized spacial score (nSPS) is 12.1. The van der Waals surface area contributed by atoms with Crippen molar-refractivity contribution < 1.29 is 9.13 Å². The first-order chi connectivity index (χ1) is 9.15. The molecular formula is C16H22FNO. The Morgan fingerprint density at radius 1 is 1.26 bits per heavy atom. The summed E-state index contributed by atoms with van der Waals surface area (Å²) in [5.74, 6) is -0.381. The molecule has 1 aromatic rings. The van der Waals surface area contributed by atoms with Crippen molar-refractivity contribution in [3.05, 3.63) is 35.1 Å². The highest BCUT2D eigenvalue weighted by molar-refractivity contribution is 5.33. The number of ether oxygens (including phenoxy) is 1. The average Bonchev–Trinajstić information content (AvgIpc) is 2.40. The Kier molecular flexibility index (Phi) is 7.14. The molecule has 0 aliphatic carbocycles. The fraction of sp³-hybridized carbons (Fsp3) is 0.562. The number of nitrogens with zero attached hydrogens (tertiary/aromatic N) is 1. The lowest BCUT2D eigenvalue weighted by Gasteiger charge is -2.13. The van der Waals surface area contributed by atoms with Crippen molar-refractivity contribution in [2.24, 2.45) is 0 Å². The van der Waals surface area contributed by atoms with E-state index < -0.39 is 0 Å². The first-order valence-electron chi connectivity index (χ1n) is 6.97. The predicted molar refractivity (Wildman–Crippen MR) is 74.1 cm³/mol. The highest BCUT2D eigenvalue weighted by atomic mass is 19.1. The summed E-state index contributed by atoms with van der Waals surface area (Å²) in [6.07, 6.45) is 6.10. The van der Waals surface area contributed by atoms with E-state index in [0.717, 1.165) is 12.0 Å². The molecule has 1 atom stereocenters. The third-order valence-corrected chi connectivity index (χ3v) is 3.09. The van der Waals surface area contributed by atoms with E-state index in [-0.39, 0.29) is 11.9 Å². The maximum Gasteiger partial charge on any atom is 0.124 e. The lowest BCUT2D eigenvalue weighted by atomic mass is 10.1. The van der Waals surface area contributed by atoms with Gasteiger partial charge < -0.3 is 4.74 Å². The first-order valence-corrected chi connectivity index (χ1v) is 6.97. The molecule has 1 aromatic carbocycles. The highest BCUT2D eigenvalue weighted by Gasteiger charge is 2.05. The van der Waals surface area contributed by atoms with Crippen LogP contribution in [0.4, 0.5) is 4.39 Å². The Balaban J connectivity index is 2.35. The Morgan fingerprint density at radius 2 is 2.05 bits per heavy atom. The summed E-state index contributed by atoms with van der Waals surface area (Å²) in [5, 5.41) is 8.77. The highest BCUT2D eigenvalue weighted by Crippen LogP contribution is 2.13. The Labute approximate surface area is 115 Å². The molecule has 0 spiro atoms. The zero-order chi connectivity index (χ0) is 14.1. The number of hydrogen-bond acceptors (Lipinski definition) is 2. The van der Waals surface area contributed by atoms with Crippen LogP contribution in [-0.2, 0) is 11.3 Å². The zero-order valence-corrected chi connectivity index (χ0v) is 11.8. The third kappa shape index (κ3) is 6.35. The molecule has 0 N–H and O–H groups in total. The van der Waals surface area contributed by atoms with E-state index in [1.165, 1.54) is 37.8 Å². The monoisotopic (exact) mass is 263 g/mol. The van der Waals surface area contributed by atoms with Gasteiger partial charge in [-0.2, -0.15) is 5.26 Å². The second-order valence-corrected chi connectivity index (χ2v) is 4.93. The van der Waals surface area contributed by atoms with Crippen LogP contribution in [0.1, 0.15) is 57.1 Å². The lowest BCUT2D eigenvalue weighted by Crippen LogP contribution is -2.08. The summed E-state index contributed by atoms with van der Waals surface area (Å²) in [6.45, 7) is 4.59. The van der Waals surface area contributed by atoms with Crippen molar-refractivity contribution in [1.29, 1.82) is 5.26 Å². The summed E-state index contributed by atoms with van der Waals surface area (Å²) in [6, 6.07) is 6.28. The summed E-state index contributed by atoms with van der Waals surface area (Å²) in [5.41, 5.74) is 1.06. The fourth-order valence-corrected chi connectivity index (χ4v) is 1.98. The Hall–Kier alpha value is -1.40. The van der Waals surface area contributed by atoms with Gasteiger partial charge in [-0.3, -0.25) is 0 Å². The van der Waals surface area contributed by atoms with E-state index in [2.05, 4.69) is 6.92 Å². The minimum Gasteiger partial charge on any atom is -0.374 e. The average molecular weight is 263 g/mol. The van der Waals surface area contributed by atoms with Gasteiger partial charge >= 0.3 is 0 Å². The molecule has 104 valence electrons. The molecule has 2 nitrogen and oxygen atoms in total. The van der Waals surface area contributed by atoms with E-state index in [1.807, 2.05) is 13.0 Å². The summed E-state index contributed by atoms with van der Waals surface area (Å²) < 4.78 is 18.9. The summed E-state index contributed by atoms with van der Waals surface area (Å²) >= 11 is 0. The quantitative estimate of drug-likeness (QED) is 0.643. The number of halogens is 1. The van der Waals surface area contributed by atoms with Crippen molar-refractivity contribution in [3.8, 4) is 6.07 Å². The molecule has 0 amide bonds. The van der Waals surface area contributed by atoms with Gasteiger partial charge in [-0.25, -0.2) is 4.39 Å². The van der Waals surface area contributed by atoms with Gasteiger partial charge in [0.25, 0.3) is 0 Å². The maximum atomic E-state index is 13.2. The standard InChI is InChI=1S/C16H22FNO/c1-3-4-5-6-7-13(2)19-12-15-8-14(11-18)9-16(17)10-15/h8-10,13H,3-7,12H2,1-2H3. The number of nitriles is 1. The number of hydrogen-bond donors (Lipinski definition) is 0. The molecule has 0 radical (unpaired) electrons. The van der Waals surface area contributed by atoms with Gasteiger partial charge in [0.2, 0.25) is 0 Å². The molecule has 0 aliphatic heterocycles. The van der Waals surface area contributed by atoms with Gasteiger partial charge in [-0.05, 0) is 37.1 Å². The fourth-order valence-electron chi connectivity index (χ4n) is 1.98. The van der Waals surface area contributed by atoms with E-state index >= 15 is 0 Å². The van der Waals surface area contributed by atoms with Crippen molar-refractivity contribution in [2.75, 3.05) is 0 Å². The SMILES string of the molecule is CCCCCCC(C)OCc1cc(F)cc(C#N)c1. The lowest BCUT2D eigenvalue weighted by molar-refractivity contribution is 0.0457. The number of unbranched alkanes of at least 4 members (excludes halogenated alkanes) is 3. The van der Waals surface area contributed by atoms with Gasteiger partial charge in [0, 0.05) is 0 Å². The van der Waals surface area contributed by atoms with E-state index in [4.69, 9.17) is 10.00 Å². The van der Waals surface area contributed by atoms with Crippen LogP contribution in [0.15, 0.2) is 18.2 Å². The molecule has 3 heteroatoms. The molecule has 0 fully saturated rings. The van der Waals surface area contributed by atoms with Crippen LogP contribution >= 0.6 is 0 Å². The number of rotatable bonds is 8. The molecule has 0 saturated carbocycles. The van der Waals surface area contributed by atoms with E-state index in [1.54, 1.807) is 6.07 Å². The van der Waals surface area contributed by atoms with Gasteiger partial charge in [0.05, 0.1) is 24.3 Å². The van der Waals surface area contributed by atoms with Crippen LogP contribution in [0.25, 0.3) is 0 Å². The minimum atomic E-state index is -0.381. The van der Waals surface area contributed by atoms with Crippen LogP contribution in [-0.4, -0.2) is 6.10 Å². The van der Waals surface area contributed by atoms with Crippen LogP contribution in [0, 0.1) is 17.1 Å². The summed E-state index contributed by atoms with van der Waals surface area (Å²) in [4.78, 5) is 0. The molecule has 0 heterocycles. The predicted octanol–water partition coefficient (Wildman–Crippen LogP) is 4.57. The van der Waals surface area contributed by atoms with Crippen LogP contribution in [0.5, 0.6) is 0 Å². The van der Waals surface area contributed by atoms with Gasteiger partial charge in [0.15, 0.2) is 0 Å². The van der Waals surface area contributed by atoms with Crippen LogP contribution < -0.4 is 0 Å². The number of benzene rings is 1. The minimum absolute atomic E-state index is 0.172. The third-order valence-electron chi connectivity index (χ3n) is 3.09. The topological polar surface area (TPSA) is 33.0 Å². The summed E-state index contributed by atoms with van der Waals surface area (Å²) in [7, 11) is 0. The second-order valence-electron chi connectivity index (χ2n) is 4.93. The van der Waals surface area contributed by atoms with Gasteiger partial charge in [-0.1, -0.05) is 32.6 Å². The first kappa shape index (κ1) is 15.7. The molecule has 19 heavy (non-hydrogen) atoms. The second kappa shape index (κ2) is 8.66. The maximum absolute atomic E-state index is 13.2. The van der Waals surface area contributed by atoms with Crippen molar-refractivity contribution >= 4 is 0 Å². The molecule has 1 rings (SSSR count). The van der Waals surface area contributed by atoms with Crippen LogP contribution in [0.3, 0.4) is 0 Å². The van der Waals surface area contributed by atoms with E-state index in [0.29, 0.717) is 12.2 Å². The Bertz CT molecular complexity index is 425. The van der Waals surface area contributed by atoms with Gasteiger partial charge in [0.1, 0.15) is 5.82 Å². The molecule has 0 bridgehead atoms. The van der Waals surface area contributed by atoms with Gasteiger partial charge in [-0.15, -0.1) is 0 Å². The van der Waals surface area contributed by atoms with Crippen molar-refractivity contribution in [3.63, 3.8) is 0 Å². The smallest absolute Gasteiger partial charge is 0.124 e. The largest absolute Gasteiger partial charge is 0.374 e. The molecular weight excluding hydrogens is 241 g/mol. The molecule has 0 saturated heterocycles. The van der Waals surface area contributed by atoms with Crippen LogP contribution in [0.2, 0.25) is 0 Å². The van der Waals surface area contributed by atoms with Crippen molar-refractivity contribution in [1.82, 2.24) is 0 Å².